The van der Waals surface area contributed by atoms with E-state index < -0.39 is 0 Å². The Bertz CT molecular complexity index is 756. The number of nitriles is 1. The summed E-state index contributed by atoms with van der Waals surface area (Å²) in [7, 11) is 0. The molecule has 0 saturated carbocycles. The first-order valence-electron chi connectivity index (χ1n) is 7.68. The van der Waals surface area contributed by atoms with Crippen molar-refractivity contribution in [1.82, 2.24) is 10.3 Å². The van der Waals surface area contributed by atoms with Gasteiger partial charge in [-0.2, -0.15) is 5.26 Å². The lowest BCUT2D eigenvalue weighted by Crippen LogP contribution is -2.31. The minimum absolute atomic E-state index is 0.0113. The van der Waals surface area contributed by atoms with Gasteiger partial charge in [-0.25, -0.2) is 4.98 Å². The summed E-state index contributed by atoms with van der Waals surface area (Å²) in [5.41, 5.74) is 1.42. The van der Waals surface area contributed by atoms with Crippen molar-refractivity contribution in [2.24, 2.45) is 0 Å². The van der Waals surface area contributed by atoms with Gasteiger partial charge in [0.2, 0.25) is 0 Å². The van der Waals surface area contributed by atoms with Crippen molar-refractivity contribution in [1.29, 1.82) is 5.26 Å². The summed E-state index contributed by atoms with van der Waals surface area (Å²) in [6.45, 7) is 8.08. The molecular formula is C18H21N3O2S. The highest BCUT2D eigenvalue weighted by Gasteiger charge is 2.20. The quantitative estimate of drug-likeness (QED) is 0.900. The van der Waals surface area contributed by atoms with Crippen LogP contribution in [-0.2, 0) is 10.2 Å². The average molecular weight is 343 g/mol. The maximum absolute atomic E-state index is 12.1. The summed E-state index contributed by atoms with van der Waals surface area (Å²) in [5.74, 6) is 0.162. The number of carbonyl (C=O) groups is 1. The Labute approximate surface area is 146 Å². The second-order valence-electron chi connectivity index (χ2n) is 6.51. The molecule has 1 unspecified atom stereocenters. The Morgan fingerprint density at radius 3 is 2.75 bits per heavy atom. The van der Waals surface area contributed by atoms with E-state index in [1.165, 1.54) is 11.3 Å². The van der Waals surface area contributed by atoms with Crippen LogP contribution in [0.4, 0.5) is 0 Å². The largest absolute Gasteiger partial charge is 0.482 e. The number of nitrogens with one attached hydrogen (secondary N) is 1. The molecule has 0 spiro atoms. The van der Waals surface area contributed by atoms with Crippen molar-refractivity contribution in [3.8, 4) is 11.8 Å². The van der Waals surface area contributed by atoms with Gasteiger partial charge in [0.15, 0.2) is 6.61 Å². The number of thiazole rings is 1. The van der Waals surface area contributed by atoms with E-state index >= 15 is 0 Å². The molecule has 1 aromatic carbocycles. The molecule has 1 aromatic heterocycles. The number of nitrogens with zero attached hydrogens (tertiary/aromatic N) is 2. The van der Waals surface area contributed by atoms with Gasteiger partial charge in [-0.1, -0.05) is 32.9 Å². The Morgan fingerprint density at radius 2 is 2.12 bits per heavy atom. The number of para-hydroxylation sites is 1. The normalized spacial score (nSPS) is 12.3. The third kappa shape index (κ3) is 4.56. The monoisotopic (exact) mass is 343 g/mol. The number of hydrogen-bond acceptors (Lipinski definition) is 5. The second kappa shape index (κ2) is 7.45. The van der Waals surface area contributed by atoms with Crippen LogP contribution in [0.3, 0.4) is 0 Å². The highest BCUT2D eigenvalue weighted by molar-refractivity contribution is 7.09. The molecule has 1 amide bonds. The topological polar surface area (TPSA) is 75.0 Å². The van der Waals surface area contributed by atoms with Crippen LogP contribution in [0.15, 0.2) is 29.6 Å². The number of hydrogen-bond donors (Lipinski definition) is 1. The summed E-state index contributed by atoms with van der Waals surface area (Å²) in [6.07, 6.45) is 0. The van der Waals surface area contributed by atoms with Gasteiger partial charge >= 0.3 is 0 Å². The minimum atomic E-state index is -0.247. The smallest absolute Gasteiger partial charge is 0.258 e. The molecule has 1 atom stereocenters. The fourth-order valence-corrected chi connectivity index (χ4v) is 3.06. The molecule has 0 bridgehead atoms. The molecule has 0 aliphatic rings. The first-order valence-corrected chi connectivity index (χ1v) is 8.56. The Hall–Kier alpha value is -2.39. The summed E-state index contributed by atoms with van der Waals surface area (Å²) < 4.78 is 5.43. The van der Waals surface area contributed by atoms with Crippen LogP contribution in [0.1, 0.15) is 50.0 Å². The van der Waals surface area contributed by atoms with E-state index in [4.69, 9.17) is 10.00 Å². The van der Waals surface area contributed by atoms with E-state index in [2.05, 4.69) is 31.1 Å². The van der Waals surface area contributed by atoms with Crippen molar-refractivity contribution < 1.29 is 9.53 Å². The van der Waals surface area contributed by atoms with Crippen LogP contribution in [-0.4, -0.2) is 17.5 Å². The van der Waals surface area contributed by atoms with Gasteiger partial charge in [-0.05, 0) is 19.1 Å². The first-order chi connectivity index (χ1) is 11.3. The van der Waals surface area contributed by atoms with Crippen LogP contribution in [0.2, 0.25) is 0 Å². The molecule has 1 heterocycles. The summed E-state index contributed by atoms with van der Waals surface area (Å²) in [4.78, 5) is 16.7. The fraction of sp³-hybridized carbons (Fsp3) is 0.389. The molecule has 126 valence electrons. The highest BCUT2D eigenvalue weighted by atomic mass is 32.1. The fourth-order valence-electron chi connectivity index (χ4n) is 2.00. The van der Waals surface area contributed by atoms with Crippen molar-refractivity contribution in [3.63, 3.8) is 0 Å². The number of rotatable bonds is 5. The number of benzene rings is 1. The Kier molecular flexibility index (Phi) is 5.58. The van der Waals surface area contributed by atoms with E-state index in [1.807, 2.05) is 18.4 Å². The summed E-state index contributed by atoms with van der Waals surface area (Å²) in [6, 6.07) is 8.69. The van der Waals surface area contributed by atoms with Gasteiger partial charge < -0.3 is 10.1 Å². The highest BCUT2D eigenvalue weighted by Crippen LogP contribution is 2.26. The molecule has 1 N–H and O–H groups in total. The third-order valence-corrected chi connectivity index (χ3v) is 4.43. The lowest BCUT2D eigenvalue weighted by molar-refractivity contribution is -0.123. The van der Waals surface area contributed by atoms with Gasteiger partial charge in [0, 0.05) is 10.8 Å². The van der Waals surface area contributed by atoms with Gasteiger partial charge in [0.05, 0.1) is 17.3 Å². The van der Waals surface area contributed by atoms with Crippen molar-refractivity contribution >= 4 is 17.2 Å². The second-order valence-corrected chi connectivity index (χ2v) is 7.40. The van der Waals surface area contributed by atoms with Crippen molar-refractivity contribution in [2.75, 3.05) is 6.61 Å². The van der Waals surface area contributed by atoms with Crippen LogP contribution in [0.5, 0.6) is 5.75 Å². The maximum atomic E-state index is 12.1. The molecular weight excluding hydrogens is 322 g/mol. The van der Waals surface area contributed by atoms with Crippen LogP contribution >= 0.6 is 11.3 Å². The molecule has 0 aliphatic carbocycles. The molecule has 5 nitrogen and oxygen atoms in total. The first kappa shape index (κ1) is 18.0. The number of carbonyl (C=O) groups excluding carboxylic acids is 1. The number of amides is 1. The predicted molar refractivity (Wildman–Crippen MR) is 94.0 cm³/mol. The van der Waals surface area contributed by atoms with E-state index in [0.29, 0.717) is 11.3 Å². The van der Waals surface area contributed by atoms with Gasteiger partial charge in [0.25, 0.3) is 5.91 Å². The summed E-state index contributed by atoms with van der Waals surface area (Å²) >= 11 is 1.54. The van der Waals surface area contributed by atoms with Crippen molar-refractivity contribution in [3.05, 3.63) is 45.9 Å². The Balaban J connectivity index is 1.92. The van der Waals surface area contributed by atoms with E-state index in [-0.39, 0.29) is 24.0 Å². The lowest BCUT2D eigenvalue weighted by atomic mass is 9.93. The van der Waals surface area contributed by atoms with E-state index in [9.17, 15) is 4.79 Å². The lowest BCUT2D eigenvalue weighted by Gasteiger charge is -2.15. The zero-order valence-electron chi connectivity index (χ0n) is 14.3. The van der Waals surface area contributed by atoms with Crippen LogP contribution in [0.25, 0.3) is 0 Å². The SMILES string of the molecule is CC(NC(=O)COc1ccccc1C#N)c1nc(C(C)(C)C)cs1. The predicted octanol–water partition coefficient (Wildman–Crippen LogP) is 3.57. The standard InChI is InChI=1S/C18H21N3O2S/c1-12(17-21-15(11-24-17)18(2,3)4)20-16(22)10-23-14-8-6-5-7-13(14)9-19/h5-8,11-12H,10H2,1-4H3,(H,20,22). The maximum Gasteiger partial charge on any atom is 0.258 e. The van der Waals surface area contributed by atoms with E-state index in [1.54, 1.807) is 24.3 Å². The molecule has 24 heavy (non-hydrogen) atoms. The molecule has 0 radical (unpaired) electrons. The molecule has 0 saturated heterocycles. The molecule has 2 aromatic rings. The van der Waals surface area contributed by atoms with Gasteiger partial charge in [0.1, 0.15) is 16.8 Å². The molecule has 0 fully saturated rings. The van der Waals surface area contributed by atoms with Gasteiger partial charge in [-0.3, -0.25) is 4.79 Å². The average Bonchev–Trinajstić information content (AvgIpc) is 3.03. The zero-order chi connectivity index (χ0) is 17.7. The molecule has 6 heteroatoms. The van der Waals surface area contributed by atoms with Crippen molar-refractivity contribution in [2.45, 2.75) is 39.2 Å². The van der Waals surface area contributed by atoms with Crippen LogP contribution < -0.4 is 10.1 Å². The number of aromatic nitrogens is 1. The Morgan fingerprint density at radius 1 is 1.42 bits per heavy atom. The third-order valence-electron chi connectivity index (χ3n) is 3.40. The molecule has 2 rings (SSSR count). The summed E-state index contributed by atoms with van der Waals surface area (Å²) in [5, 5.41) is 14.8. The molecule has 0 aliphatic heterocycles. The minimum Gasteiger partial charge on any atom is -0.482 e. The number of ether oxygens (including phenoxy) is 1. The van der Waals surface area contributed by atoms with E-state index in [0.717, 1.165) is 10.7 Å². The zero-order valence-corrected chi connectivity index (χ0v) is 15.1. The van der Waals surface area contributed by atoms with Crippen LogP contribution in [0, 0.1) is 11.3 Å². The van der Waals surface area contributed by atoms with Gasteiger partial charge in [-0.15, -0.1) is 11.3 Å².